The Balaban J connectivity index is 1.75. The van der Waals surface area contributed by atoms with Gasteiger partial charge in [-0.15, -0.1) is 0 Å². The van der Waals surface area contributed by atoms with Crippen molar-refractivity contribution >= 4 is 11.6 Å². The number of hydrogen-bond donors (Lipinski definition) is 3. The van der Waals surface area contributed by atoms with Crippen molar-refractivity contribution in [3.8, 4) is 5.75 Å². The van der Waals surface area contributed by atoms with E-state index in [1.165, 1.54) is 31.1 Å². The molecule has 1 amide bonds. The lowest BCUT2D eigenvalue weighted by molar-refractivity contribution is -0.931. The molecule has 0 aliphatic carbocycles. The third kappa shape index (κ3) is 5.31. The molecule has 0 spiro atoms. The average molecular weight is 307 g/mol. The van der Waals surface area contributed by atoms with Crippen molar-refractivity contribution < 1.29 is 19.5 Å². The molecule has 22 heavy (non-hydrogen) atoms. The molecule has 1 aliphatic rings. The van der Waals surface area contributed by atoms with Crippen molar-refractivity contribution in [1.29, 1.82) is 0 Å². The van der Waals surface area contributed by atoms with Crippen LogP contribution in [0.1, 0.15) is 33.1 Å². The highest BCUT2D eigenvalue weighted by Gasteiger charge is 2.24. The van der Waals surface area contributed by atoms with Crippen LogP contribution in [0, 0.1) is 0 Å². The highest BCUT2D eigenvalue weighted by molar-refractivity contribution is 5.88. The van der Waals surface area contributed by atoms with Gasteiger partial charge in [0, 0.05) is 12.6 Å². The molecule has 1 unspecified atom stereocenters. The first-order valence-electron chi connectivity index (χ1n) is 8.07. The Kier molecular flexibility index (Phi) is 6.21. The van der Waals surface area contributed by atoms with E-state index in [4.69, 9.17) is 4.74 Å². The second-order valence-corrected chi connectivity index (χ2v) is 6.18. The summed E-state index contributed by atoms with van der Waals surface area (Å²) in [6.45, 7) is 5.91. The molecule has 0 radical (unpaired) electrons. The summed E-state index contributed by atoms with van der Waals surface area (Å²) in [6.07, 6.45) is 3.34. The molecule has 3 N–H and O–H groups in total. The van der Waals surface area contributed by atoms with Crippen LogP contribution in [0.3, 0.4) is 0 Å². The molecule has 5 heteroatoms. The van der Waals surface area contributed by atoms with Gasteiger partial charge in [-0.2, -0.15) is 0 Å². The number of anilines is 1. The molecular formula is C17H27N2O3+. The van der Waals surface area contributed by atoms with E-state index in [0.717, 1.165) is 18.8 Å². The van der Waals surface area contributed by atoms with Gasteiger partial charge < -0.3 is 20.1 Å². The van der Waals surface area contributed by atoms with Gasteiger partial charge in [-0.3, -0.25) is 4.79 Å². The van der Waals surface area contributed by atoms with Crippen molar-refractivity contribution in [1.82, 2.24) is 0 Å². The number of likely N-dealkylation sites (tertiary alicyclic amines) is 1. The molecular weight excluding hydrogens is 280 g/mol. The number of rotatable bonds is 6. The van der Waals surface area contributed by atoms with E-state index in [9.17, 15) is 9.90 Å². The van der Waals surface area contributed by atoms with E-state index in [1.54, 1.807) is 24.3 Å². The minimum atomic E-state index is -0.453. The van der Waals surface area contributed by atoms with Crippen molar-refractivity contribution in [2.24, 2.45) is 0 Å². The van der Waals surface area contributed by atoms with Gasteiger partial charge in [-0.25, -0.2) is 0 Å². The van der Waals surface area contributed by atoms with Crippen LogP contribution in [0.25, 0.3) is 0 Å². The van der Waals surface area contributed by atoms with Crippen LogP contribution < -0.4 is 15.0 Å². The summed E-state index contributed by atoms with van der Waals surface area (Å²) in [7, 11) is 0. The zero-order valence-electron chi connectivity index (χ0n) is 13.5. The van der Waals surface area contributed by atoms with Crippen LogP contribution in [-0.2, 0) is 4.79 Å². The van der Waals surface area contributed by atoms with Gasteiger partial charge in [0.05, 0.1) is 12.6 Å². The first kappa shape index (κ1) is 16.8. The number of aliphatic hydroxyl groups is 1. The molecule has 1 aromatic carbocycles. The lowest BCUT2D eigenvalue weighted by Gasteiger charge is -2.31. The van der Waals surface area contributed by atoms with Crippen molar-refractivity contribution in [2.45, 2.75) is 45.3 Å². The van der Waals surface area contributed by atoms with E-state index >= 15 is 0 Å². The van der Waals surface area contributed by atoms with E-state index < -0.39 is 6.10 Å². The minimum absolute atomic E-state index is 0.0947. The maximum Gasteiger partial charge on any atom is 0.221 e. The summed E-state index contributed by atoms with van der Waals surface area (Å²) in [5.41, 5.74) is 0.743. The molecule has 0 bridgehead atoms. The number of amides is 1. The Morgan fingerprint density at radius 3 is 2.77 bits per heavy atom. The second kappa shape index (κ2) is 8.15. The molecule has 0 aromatic heterocycles. The van der Waals surface area contributed by atoms with Crippen LogP contribution in [0.15, 0.2) is 24.3 Å². The second-order valence-electron chi connectivity index (χ2n) is 6.18. The fourth-order valence-electron chi connectivity index (χ4n) is 2.95. The van der Waals surface area contributed by atoms with Gasteiger partial charge in [-0.1, -0.05) is 0 Å². The zero-order valence-corrected chi connectivity index (χ0v) is 13.5. The van der Waals surface area contributed by atoms with Crippen LogP contribution in [0.2, 0.25) is 0 Å². The number of piperidine rings is 1. The summed E-state index contributed by atoms with van der Waals surface area (Å²) in [6, 6.07) is 7.81. The maximum absolute atomic E-state index is 11.0. The summed E-state index contributed by atoms with van der Waals surface area (Å²) in [5, 5.41) is 12.9. The molecule has 1 saturated heterocycles. The van der Waals surface area contributed by atoms with Crippen molar-refractivity contribution in [3.05, 3.63) is 24.3 Å². The maximum atomic E-state index is 11.0. The highest BCUT2D eigenvalue weighted by Crippen LogP contribution is 2.15. The van der Waals surface area contributed by atoms with Crippen LogP contribution >= 0.6 is 0 Å². The van der Waals surface area contributed by atoms with Gasteiger partial charge in [0.2, 0.25) is 5.91 Å². The number of nitrogens with one attached hydrogen (secondary N) is 2. The van der Waals surface area contributed by atoms with E-state index in [2.05, 4.69) is 12.2 Å². The van der Waals surface area contributed by atoms with Crippen LogP contribution in [-0.4, -0.2) is 42.9 Å². The average Bonchev–Trinajstić information content (AvgIpc) is 2.48. The van der Waals surface area contributed by atoms with Gasteiger partial charge in [0.1, 0.15) is 25.0 Å². The number of carbonyl (C=O) groups is 1. The van der Waals surface area contributed by atoms with Gasteiger partial charge >= 0.3 is 0 Å². The van der Waals surface area contributed by atoms with E-state index in [-0.39, 0.29) is 5.91 Å². The number of aliphatic hydroxyl groups excluding tert-OH is 1. The van der Waals surface area contributed by atoms with Gasteiger partial charge in [-0.05, 0) is 50.5 Å². The van der Waals surface area contributed by atoms with E-state index in [0.29, 0.717) is 18.4 Å². The normalized spacial score (nSPS) is 22.9. The minimum Gasteiger partial charge on any atom is -0.491 e. The Morgan fingerprint density at radius 2 is 2.14 bits per heavy atom. The molecule has 3 atom stereocenters. The van der Waals surface area contributed by atoms with Crippen LogP contribution in [0.5, 0.6) is 5.75 Å². The summed E-state index contributed by atoms with van der Waals surface area (Å²) in [5.74, 6) is 0.609. The SMILES string of the molecule is CC(=O)Nc1ccc(OC[C@@H](O)C[NH+]2CCCC[C@@H]2C)cc1. The number of quaternary nitrogens is 1. The molecule has 1 heterocycles. The molecule has 0 saturated carbocycles. The Hall–Kier alpha value is -1.59. The third-order valence-electron chi connectivity index (χ3n) is 4.20. The number of ether oxygens (including phenoxy) is 1. The predicted molar refractivity (Wildman–Crippen MR) is 86.3 cm³/mol. The molecule has 5 nitrogen and oxygen atoms in total. The molecule has 1 aromatic rings. The number of hydrogen-bond acceptors (Lipinski definition) is 3. The Morgan fingerprint density at radius 1 is 1.41 bits per heavy atom. The number of benzene rings is 1. The van der Waals surface area contributed by atoms with Gasteiger partial charge in [0.15, 0.2) is 0 Å². The lowest BCUT2D eigenvalue weighted by atomic mass is 10.0. The molecule has 2 rings (SSSR count). The summed E-state index contributed by atoms with van der Waals surface area (Å²) < 4.78 is 5.63. The smallest absolute Gasteiger partial charge is 0.221 e. The topological polar surface area (TPSA) is 63.0 Å². The summed E-state index contributed by atoms with van der Waals surface area (Å²) in [4.78, 5) is 12.4. The van der Waals surface area contributed by atoms with Crippen LogP contribution in [0.4, 0.5) is 5.69 Å². The van der Waals surface area contributed by atoms with E-state index in [1.807, 2.05) is 0 Å². The van der Waals surface area contributed by atoms with Crippen molar-refractivity contribution in [2.75, 3.05) is 25.0 Å². The Bertz CT molecular complexity index is 475. The first-order chi connectivity index (χ1) is 10.5. The molecule has 1 aliphatic heterocycles. The lowest BCUT2D eigenvalue weighted by Crippen LogP contribution is -3.17. The fourth-order valence-corrected chi connectivity index (χ4v) is 2.95. The largest absolute Gasteiger partial charge is 0.491 e. The molecule has 1 fully saturated rings. The monoisotopic (exact) mass is 307 g/mol. The zero-order chi connectivity index (χ0) is 15.9. The molecule has 122 valence electrons. The van der Waals surface area contributed by atoms with Gasteiger partial charge in [0.25, 0.3) is 0 Å². The number of carbonyl (C=O) groups excluding carboxylic acids is 1. The third-order valence-corrected chi connectivity index (χ3v) is 4.20. The first-order valence-corrected chi connectivity index (χ1v) is 8.07. The quantitative estimate of drug-likeness (QED) is 0.730. The Labute approximate surface area is 132 Å². The predicted octanol–water partition coefficient (Wildman–Crippen LogP) is 0.842. The fraction of sp³-hybridized carbons (Fsp3) is 0.588. The van der Waals surface area contributed by atoms with Crippen molar-refractivity contribution in [3.63, 3.8) is 0 Å². The highest BCUT2D eigenvalue weighted by atomic mass is 16.5. The standard InChI is InChI=1S/C17H26N2O3/c1-13-5-3-4-10-19(13)11-16(21)12-22-17-8-6-15(7-9-17)18-14(2)20/h6-9,13,16,21H,3-5,10-12H2,1-2H3,(H,18,20)/p+1/t13-,16-/m0/s1. The summed E-state index contributed by atoms with van der Waals surface area (Å²) >= 11 is 0.